The molecule has 4 N–H and O–H groups in total. The Morgan fingerprint density at radius 1 is 0.923 bits per heavy atom. The highest BCUT2D eigenvalue weighted by Gasteiger charge is 2.31. The van der Waals surface area contributed by atoms with Gasteiger partial charge in [-0.25, -0.2) is 4.98 Å². The van der Waals surface area contributed by atoms with Gasteiger partial charge in [-0.1, -0.05) is 36.8 Å². The van der Waals surface area contributed by atoms with Crippen LogP contribution in [0.1, 0.15) is 56.6 Å². The number of likely N-dealkylation sites (tertiary alicyclic amines) is 1. The Balaban J connectivity index is 0.830. The summed E-state index contributed by atoms with van der Waals surface area (Å²) >= 11 is 0. The summed E-state index contributed by atoms with van der Waals surface area (Å²) in [5, 5.41) is 28.0. The molecule has 2 aliphatic rings. The van der Waals surface area contributed by atoms with Crippen LogP contribution < -0.4 is 11.1 Å². The quantitative estimate of drug-likeness (QED) is 0.111. The van der Waals surface area contributed by atoms with Gasteiger partial charge in [0.15, 0.2) is 5.82 Å². The van der Waals surface area contributed by atoms with E-state index in [1.54, 1.807) is 12.1 Å². The number of phenols is 1. The molecule has 12 heteroatoms. The number of aromatic nitrogens is 6. The molecule has 2 amide bonds. The Kier molecular flexibility index (Phi) is 9.38. The van der Waals surface area contributed by atoms with Gasteiger partial charge in [-0.05, 0) is 100.0 Å². The first-order valence-corrected chi connectivity index (χ1v) is 18.3. The molecule has 0 radical (unpaired) electrons. The lowest BCUT2D eigenvalue weighted by atomic mass is 9.96. The van der Waals surface area contributed by atoms with Crippen molar-refractivity contribution >= 4 is 39.6 Å². The van der Waals surface area contributed by atoms with Crippen LogP contribution in [0.3, 0.4) is 0 Å². The molecule has 2 fully saturated rings. The van der Waals surface area contributed by atoms with Gasteiger partial charge in [-0.15, -0.1) is 10.2 Å². The van der Waals surface area contributed by atoms with Crippen molar-refractivity contribution in [1.82, 2.24) is 39.7 Å². The number of nitrogen functional groups attached to an aromatic ring is 1. The number of rotatable bonds is 11. The van der Waals surface area contributed by atoms with Gasteiger partial charge in [0.25, 0.3) is 0 Å². The number of aromatic hydroxyl groups is 1. The van der Waals surface area contributed by atoms with Crippen molar-refractivity contribution < 1.29 is 14.7 Å². The largest absolute Gasteiger partial charge is 0.507 e. The topological polar surface area (TPSA) is 157 Å². The average molecular weight is 698 g/mol. The third kappa shape index (κ3) is 6.73. The minimum Gasteiger partial charge on any atom is -0.507 e. The number of imide groups is 1. The number of aryl methyl sites for hydroxylation is 1. The maximum Gasteiger partial charge on any atom is 0.249 e. The van der Waals surface area contributed by atoms with Crippen molar-refractivity contribution in [1.29, 1.82) is 0 Å². The fourth-order valence-electron chi connectivity index (χ4n) is 7.97. The van der Waals surface area contributed by atoms with E-state index in [4.69, 9.17) is 10.7 Å². The first kappa shape index (κ1) is 33.5. The number of nitrogens with two attached hydrogens (primary N) is 1. The summed E-state index contributed by atoms with van der Waals surface area (Å²) in [5.74, 6) is 0.576. The summed E-state index contributed by atoms with van der Waals surface area (Å²) < 4.78 is 4.04. The van der Waals surface area contributed by atoms with Gasteiger partial charge in [0.05, 0.1) is 17.4 Å². The van der Waals surface area contributed by atoms with E-state index in [2.05, 4.69) is 37.6 Å². The maximum atomic E-state index is 12.9. The lowest BCUT2D eigenvalue weighted by Gasteiger charge is -2.31. The molecule has 52 heavy (non-hydrogen) atoms. The number of para-hydroxylation sites is 2. The Morgan fingerprint density at radius 3 is 2.60 bits per heavy atom. The molecule has 8 rings (SSSR count). The molecular formula is C40H43N9O3. The highest BCUT2D eigenvalue weighted by atomic mass is 16.3. The molecule has 0 aliphatic carbocycles. The van der Waals surface area contributed by atoms with Crippen LogP contribution >= 0.6 is 0 Å². The van der Waals surface area contributed by atoms with Crippen LogP contribution in [0.25, 0.3) is 44.3 Å². The lowest BCUT2D eigenvalue weighted by molar-refractivity contribution is -0.135. The molecule has 1 unspecified atom stereocenters. The van der Waals surface area contributed by atoms with Crippen molar-refractivity contribution in [3.05, 3.63) is 84.8 Å². The molecule has 1 atom stereocenters. The summed E-state index contributed by atoms with van der Waals surface area (Å²) in [6, 6.07) is 18.8. The van der Waals surface area contributed by atoms with Gasteiger partial charge in [0.2, 0.25) is 11.8 Å². The minimum absolute atomic E-state index is 0.149. The van der Waals surface area contributed by atoms with Gasteiger partial charge < -0.3 is 20.3 Å². The van der Waals surface area contributed by atoms with E-state index in [9.17, 15) is 14.7 Å². The Labute approximate surface area is 301 Å². The normalized spacial score (nSPS) is 17.3. The van der Waals surface area contributed by atoms with Crippen molar-refractivity contribution in [2.24, 2.45) is 5.92 Å². The van der Waals surface area contributed by atoms with Crippen LogP contribution in [0.2, 0.25) is 0 Å². The smallest absolute Gasteiger partial charge is 0.249 e. The van der Waals surface area contributed by atoms with Crippen LogP contribution in [0.5, 0.6) is 5.75 Å². The molecule has 0 saturated carbocycles. The number of phenolic OH excluding ortho intramolecular Hbond substituents is 1. The number of nitrogens with one attached hydrogen (secondary N) is 1. The standard InChI is InChI=1S/C40H43N9O3/c41-38-31(22-32(45-46-38)29-9-4-6-12-35(29)50)28-23-43-48(25-28)24-26-16-20-47(21-17-26)19-7-1-2-8-27-15-18-42-39-37(27)30-10-3-5-11-33(30)49(39)34-13-14-36(51)44-40(34)52/h3-6,9-12,15,18,22-23,25-26,34,50H,1-2,7-8,13-14,16-17,19-21,24H2,(H2,41,46)(H,44,51,52). The predicted molar refractivity (Wildman–Crippen MR) is 200 cm³/mol. The zero-order chi connectivity index (χ0) is 35.6. The summed E-state index contributed by atoms with van der Waals surface area (Å²) in [5.41, 5.74) is 12.1. The highest BCUT2D eigenvalue weighted by Crippen LogP contribution is 2.36. The van der Waals surface area contributed by atoms with E-state index in [-0.39, 0.29) is 17.6 Å². The molecule has 2 aromatic carbocycles. The maximum absolute atomic E-state index is 12.9. The third-order valence-electron chi connectivity index (χ3n) is 10.7. The molecule has 266 valence electrons. The summed E-state index contributed by atoms with van der Waals surface area (Å²) in [6.45, 7) is 4.15. The van der Waals surface area contributed by atoms with Crippen LogP contribution in [-0.4, -0.2) is 71.0 Å². The van der Waals surface area contributed by atoms with Crippen molar-refractivity contribution in [3.63, 3.8) is 0 Å². The third-order valence-corrected chi connectivity index (χ3v) is 10.7. The highest BCUT2D eigenvalue weighted by molar-refractivity contribution is 6.10. The number of pyridine rings is 1. The van der Waals surface area contributed by atoms with Gasteiger partial charge in [-0.2, -0.15) is 5.10 Å². The molecule has 2 saturated heterocycles. The summed E-state index contributed by atoms with van der Waals surface area (Å²) in [4.78, 5) is 32.1. The van der Waals surface area contributed by atoms with E-state index in [1.165, 1.54) is 5.56 Å². The Bertz CT molecular complexity index is 2250. The first-order chi connectivity index (χ1) is 25.4. The Hall–Kier alpha value is -5.62. The number of carbonyl (C=O) groups is 2. The van der Waals surface area contributed by atoms with Gasteiger partial charge >= 0.3 is 0 Å². The van der Waals surface area contributed by atoms with E-state index in [1.807, 2.05) is 64.2 Å². The summed E-state index contributed by atoms with van der Waals surface area (Å²) in [6.07, 6.45) is 13.1. The monoisotopic (exact) mass is 697 g/mol. The molecule has 6 aromatic rings. The number of carbonyl (C=O) groups excluding carboxylic acids is 2. The second kappa shape index (κ2) is 14.5. The van der Waals surface area contributed by atoms with Gasteiger partial charge in [0.1, 0.15) is 17.4 Å². The first-order valence-electron chi connectivity index (χ1n) is 18.3. The number of hydrogen-bond donors (Lipinski definition) is 3. The lowest BCUT2D eigenvalue weighted by Crippen LogP contribution is -2.41. The fraction of sp³-hybridized carbons (Fsp3) is 0.350. The number of hydrogen-bond acceptors (Lipinski definition) is 9. The molecular weight excluding hydrogens is 655 g/mol. The van der Waals surface area contributed by atoms with Crippen LogP contribution in [-0.2, 0) is 22.6 Å². The number of piperidine rings is 2. The fourth-order valence-corrected chi connectivity index (χ4v) is 7.97. The van der Waals surface area contributed by atoms with E-state index in [0.717, 1.165) is 97.8 Å². The van der Waals surface area contributed by atoms with Crippen LogP contribution in [0, 0.1) is 5.92 Å². The zero-order valence-electron chi connectivity index (χ0n) is 29.1. The van der Waals surface area contributed by atoms with Crippen LogP contribution in [0.4, 0.5) is 5.82 Å². The minimum atomic E-state index is -0.446. The average Bonchev–Trinajstić information content (AvgIpc) is 3.76. The number of amides is 2. The van der Waals surface area contributed by atoms with Crippen molar-refractivity contribution in [2.45, 2.75) is 64.0 Å². The van der Waals surface area contributed by atoms with Crippen molar-refractivity contribution in [3.8, 4) is 28.1 Å². The number of nitrogens with zero attached hydrogens (tertiary/aromatic N) is 7. The second-order valence-corrected chi connectivity index (χ2v) is 14.1. The molecule has 2 aliphatic heterocycles. The molecule has 0 spiro atoms. The van der Waals surface area contributed by atoms with Gasteiger partial charge in [-0.3, -0.25) is 19.6 Å². The molecule has 0 bridgehead atoms. The number of fused-ring (bicyclic) bond motifs is 3. The molecule has 12 nitrogen and oxygen atoms in total. The predicted octanol–water partition coefficient (Wildman–Crippen LogP) is 5.90. The number of benzene rings is 2. The number of anilines is 1. The van der Waals surface area contributed by atoms with Gasteiger partial charge in [0, 0.05) is 52.8 Å². The number of unbranched alkanes of at least 4 members (excludes halogenated alkanes) is 2. The zero-order valence-corrected chi connectivity index (χ0v) is 29.1. The van der Waals surface area contributed by atoms with Crippen LogP contribution in [0.15, 0.2) is 79.3 Å². The van der Waals surface area contributed by atoms with Crippen molar-refractivity contribution in [2.75, 3.05) is 25.4 Å². The van der Waals surface area contributed by atoms with E-state index in [0.29, 0.717) is 35.8 Å². The molecule has 4 aromatic heterocycles. The molecule has 6 heterocycles. The SMILES string of the molecule is Nc1nnc(-c2ccccc2O)cc1-c1cnn(CC2CCN(CCCCCc3ccnc4c3c3ccccc3n4C3CCC(=O)NC3=O)CC2)c1. The Morgan fingerprint density at radius 2 is 1.75 bits per heavy atom. The van der Waals surface area contributed by atoms with E-state index >= 15 is 0 Å². The summed E-state index contributed by atoms with van der Waals surface area (Å²) in [7, 11) is 0. The van der Waals surface area contributed by atoms with E-state index < -0.39 is 6.04 Å². The second-order valence-electron chi connectivity index (χ2n) is 14.1.